The highest BCUT2D eigenvalue weighted by Gasteiger charge is 2.17. The van der Waals surface area contributed by atoms with E-state index >= 15 is 0 Å². The van der Waals surface area contributed by atoms with E-state index in [2.05, 4.69) is 20.3 Å². The first-order valence-corrected chi connectivity index (χ1v) is 8.99. The Labute approximate surface area is 142 Å². The molecule has 1 atom stereocenters. The number of aryl methyl sites for hydroxylation is 3. The first-order chi connectivity index (χ1) is 10.9. The molecule has 3 rings (SSSR count). The van der Waals surface area contributed by atoms with Crippen LogP contribution in [0, 0.1) is 20.8 Å². The fourth-order valence-electron chi connectivity index (χ4n) is 2.46. The molecule has 7 heteroatoms. The minimum Gasteiger partial charge on any atom is -0.357 e. The predicted molar refractivity (Wildman–Crippen MR) is 94.1 cm³/mol. The first-order valence-electron chi connectivity index (χ1n) is 7.29. The number of rotatable bonds is 4. The molecule has 0 saturated heterocycles. The normalized spacial score (nSPS) is 12.3. The van der Waals surface area contributed by atoms with Gasteiger partial charge in [-0.2, -0.15) is 0 Å². The van der Waals surface area contributed by atoms with E-state index in [-0.39, 0.29) is 11.9 Å². The number of thiazole rings is 2. The van der Waals surface area contributed by atoms with Crippen molar-refractivity contribution >= 4 is 28.6 Å². The summed E-state index contributed by atoms with van der Waals surface area (Å²) in [5.41, 5.74) is 3.34. The van der Waals surface area contributed by atoms with Crippen LogP contribution in [0.15, 0.2) is 17.6 Å². The summed E-state index contributed by atoms with van der Waals surface area (Å²) in [5, 5.41) is 7.04. The largest absolute Gasteiger partial charge is 0.357 e. The molecule has 0 aromatic carbocycles. The Morgan fingerprint density at radius 1 is 1.26 bits per heavy atom. The Bertz CT molecular complexity index is 846. The summed E-state index contributed by atoms with van der Waals surface area (Å²) >= 11 is 3.22. The highest BCUT2D eigenvalue weighted by molar-refractivity contribution is 7.11. The molecule has 0 radical (unpaired) electrons. The van der Waals surface area contributed by atoms with E-state index in [9.17, 15) is 4.79 Å². The van der Waals surface area contributed by atoms with Crippen LogP contribution in [-0.4, -0.2) is 20.9 Å². The van der Waals surface area contributed by atoms with Crippen molar-refractivity contribution in [2.45, 2.75) is 33.7 Å². The van der Waals surface area contributed by atoms with Crippen molar-refractivity contribution in [3.63, 3.8) is 0 Å². The molecule has 1 amide bonds. The minimum atomic E-state index is -0.124. The topological polar surface area (TPSA) is 70.7 Å². The Kier molecular flexibility index (Phi) is 4.32. The van der Waals surface area contributed by atoms with Gasteiger partial charge in [-0.3, -0.25) is 4.79 Å². The van der Waals surface area contributed by atoms with E-state index in [1.165, 1.54) is 0 Å². The number of nitrogens with zero attached hydrogens (tertiary/aromatic N) is 2. The zero-order valence-corrected chi connectivity index (χ0v) is 15.1. The smallest absolute Gasteiger partial charge is 0.268 e. The van der Waals surface area contributed by atoms with Crippen molar-refractivity contribution in [2.75, 3.05) is 0 Å². The van der Waals surface area contributed by atoms with Gasteiger partial charge in [-0.15, -0.1) is 22.7 Å². The molecule has 3 heterocycles. The number of carbonyl (C=O) groups is 1. The molecule has 23 heavy (non-hydrogen) atoms. The zero-order chi connectivity index (χ0) is 16.6. The number of H-pyrrole nitrogens is 1. The fraction of sp³-hybridized carbons (Fsp3) is 0.312. The molecule has 0 aliphatic heterocycles. The molecule has 0 spiro atoms. The molecule has 0 aliphatic carbocycles. The second-order valence-electron chi connectivity index (χ2n) is 5.43. The SMILES string of the molecule is Cc1nc(-c2c[nH]c(C(=O)N[C@H](C)c3sc(C)nc3C)c2)cs1. The van der Waals surface area contributed by atoms with Crippen molar-refractivity contribution in [1.82, 2.24) is 20.3 Å². The molecule has 0 aliphatic rings. The lowest BCUT2D eigenvalue weighted by atomic mass is 10.2. The summed E-state index contributed by atoms with van der Waals surface area (Å²) in [6, 6.07) is 1.77. The van der Waals surface area contributed by atoms with Gasteiger partial charge in [0, 0.05) is 22.0 Å². The van der Waals surface area contributed by atoms with Gasteiger partial charge in [-0.05, 0) is 33.8 Å². The molecule has 3 aromatic rings. The van der Waals surface area contributed by atoms with E-state index in [0.717, 1.165) is 31.8 Å². The van der Waals surface area contributed by atoms with Gasteiger partial charge >= 0.3 is 0 Å². The van der Waals surface area contributed by atoms with Gasteiger partial charge in [-0.1, -0.05) is 0 Å². The molecule has 0 saturated carbocycles. The standard InChI is InChI=1S/C16H18N4OS2/c1-8-15(23-11(4)18-8)9(2)19-16(21)13-5-12(6-17-13)14-7-22-10(3)20-14/h5-7,9,17H,1-4H3,(H,19,21)/t9-/m1/s1. The lowest BCUT2D eigenvalue weighted by molar-refractivity contribution is 0.0936. The van der Waals surface area contributed by atoms with Crippen LogP contribution in [0.3, 0.4) is 0 Å². The maximum atomic E-state index is 12.4. The van der Waals surface area contributed by atoms with E-state index in [1.54, 1.807) is 22.7 Å². The number of amides is 1. The summed E-state index contributed by atoms with van der Waals surface area (Å²) in [6.07, 6.45) is 1.82. The van der Waals surface area contributed by atoms with Crippen LogP contribution in [0.4, 0.5) is 0 Å². The fourth-order valence-corrected chi connectivity index (χ4v) is 4.01. The van der Waals surface area contributed by atoms with Gasteiger partial charge < -0.3 is 10.3 Å². The minimum absolute atomic E-state index is 0.0676. The Hall–Kier alpha value is -1.99. The third-order valence-electron chi connectivity index (χ3n) is 3.52. The van der Waals surface area contributed by atoms with Crippen LogP contribution >= 0.6 is 22.7 Å². The molecular weight excluding hydrogens is 328 g/mol. The van der Waals surface area contributed by atoms with Crippen LogP contribution in [0.25, 0.3) is 11.3 Å². The van der Waals surface area contributed by atoms with Crippen LogP contribution in [-0.2, 0) is 0 Å². The molecule has 0 bridgehead atoms. The summed E-state index contributed by atoms with van der Waals surface area (Å²) < 4.78 is 0. The lowest BCUT2D eigenvalue weighted by Crippen LogP contribution is -2.26. The summed E-state index contributed by atoms with van der Waals surface area (Å²) in [4.78, 5) is 25.4. The van der Waals surface area contributed by atoms with Crippen molar-refractivity contribution in [3.8, 4) is 11.3 Å². The van der Waals surface area contributed by atoms with E-state index in [1.807, 2.05) is 45.3 Å². The predicted octanol–water partition coefficient (Wildman–Crippen LogP) is 4.01. The third kappa shape index (κ3) is 3.35. The first kappa shape index (κ1) is 15.9. The number of aromatic amines is 1. The van der Waals surface area contributed by atoms with Gasteiger partial charge in [0.15, 0.2) is 0 Å². The second-order valence-corrected chi connectivity index (χ2v) is 7.73. The second kappa shape index (κ2) is 6.25. The van der Waals surface area contributed by atoms with Crippen molar-refractivity contribution in [2.24, 2.45) is 0 Å². The number of hydrogen-bond donors (Lipinski definition) is 2. The van der Waals surface area contributed by atoms with Crippen LogP contribution in [0.2, 0.25) is 0 Å². The number of hydrogen-bond acceptors (Lipinski definition) is 5. The lowest BCUT2D eigenvalue weighted by Gasteiger charge is -2.12. The average Bonchev–Trinajstić information content (AvgIpc) is 3.18. The van der Waals surface area contributed by atoms with Gasteiger partial charge in [0.2, 0.25) is 0 Å². The summed E-state index contributed by atoms with van der Waals surface area (Å²) in [6.45, 7) is 7.89. The Balaban J connectivity index is 1.74. The van der Waals surface area contributed by atoms with Crippen LogP contribution < -0.4 is 5.32 Å². The Morgan fingerprint density at radius 3 is 2.65 bits per heavy atom. The third-order valence-corrected chi connectivity index (χ3v) is 5.55. The molecule has 0 fully saturated rings. The maximum absolute atomic E-state index is 12.4. The van der Waals surface area contributed by atoms with Crippen molar-refractivity contribution in [1.29, 1.82) is 0 Å². The van der Waals surface area contributed by atoms with Gasteiger partial charge in [0.05, 0.1) is 27.4 Å². The van der Waals surface area contributed by atoms with E-state index in [0.29, 0.717) is 5.69 Å². The van der Waals surface area contributed by atoms with Gasteiger partial charge in [-0.25, -0.2) is 9.97 Å². The highest BCUT2D eigenvalue weighted by atomic mass is 32.1. The molecule has 5 nitrogen and oxygen atoms in total. The molecule has 120 valence electrons. The number of nitrogens with one attached hydrogen (secondary N) is 2. The molecular formula is C16H18N4OS2. The summed E-state index contributed by atoms with van der Waals surface area (Å²) in [7, 11) is 0. The number of carbonyl (C=O) groups excluding carboxylic acids is 1. The molecule has 2 N–H and O–H groups in total. The maximum Gasteiger partial charge on any atom is 0.268 e. The quantitative estimate of drug-likeness (QED) is 0.750. The van der Waals surface area contributed by atoms with Crippen LogP contribution in [0.5, 0.6) is 0 Å². The van der Waals surface area contributed by atoms with E-state index < -0.39 is 0 Å². The number of aromatic nitrogens is 3. The van der Waals surface area contributed by atoms with Gasteiger partial charge in [0.25, 0.3) is 5.91 Å². The Morgan fingerprint density at radius 2 is 2.04 bits per heavy atom. The highest BCUT2D eigenvalue weighted by Crippen LogP contribution is 2.25. The average molecular weight is 346 g/mol. The zero-order valence-electron chi connectivity index (χ0n) is 13.4. The van der Waals surface area contributed by atoms with Gasteiger partial charge in [0.1, 0.15) is 5.69 Å². The molecule has 0 unspecified atom stereocenters. The monoisotopic (exact) mass is 346 g/mol. The van der Waals surface area contributed by atoms with Crippen molar-refractivity contribution in [3.05, 3.63) is 43.9 Å². The van der Waals surface area contributed by atoms with E-state index in [4.69, 9.17) is 0 Å². The van der Waals surface area contributed by atoms with Crippen LogP contribution in [0.1, 0.15) is 44.0 Å². The van der Waals surface area contributed by atoms with Crippen molar-refractivity contribution < 1.29 is 4.79 Å². The molecule has 3 aromatic heterocycles. The summed E-state index contributed by atoms with van der Waals surface area (Å²) in [5.74, 6) is -0.124.